The van der Waals surface area contributed by atoms with Crippen molar-refractivity contribution in [2.75, 3.05) is 32.8 Å². The Morgan fingerprint density at radius 1 is 1.30 bits per heavy atom. The normalized spacial score (nSPS) is 17.3. The van der Waals surface area contributed by atoms with Gasteiger partial charge in [0.15, 0.2) is 5.78 Å². The van der Waals surface area contributed by atoms with Gasteiger partial charge in [-0.2, -0.15) is 0 Å². The topological polar surface area (TPSA) is 49.8 Å². The maximum atomic E-state index is 12.8. The number of aliphatic hydroxyl groups excluding tert-OH is 1. The minimum atomic E-state index is -0.330. The van der Waals surface area contributed by atoms with Gasteiger partial charge in [-0.3, -0.25) is 9.69 Å². The second kappa shape index (κ2) is 7.47. The van der Waals surface area contributed by atoms with E-state index in [4.69, 9.17) is 9.84 Å². The van der Waals surface area contributed by atoms with Crippen molar-refractivity contribution in [3.8, 4) is 0 Å². The molecule has 0 bridgehead atoms. The lowest BCUT2D eigenvalue weighted by atomic mass is 10.1. The fraction of sp³-hybridized carbons (Fsp3) is 0.533. The molecule has 0 unspecified atom stereocenters. The van der Waals surface area contributed by atoms with Crippen molar-refractivity contribution in [2.24, 2.45) is 0 Å². The fourth-order valence-corrected chi connectivity index (χ4v) is 2.38. The molecule has 2 rings (SSSR count). The van der Waals surface area contributed by atoms with E-state index in [2.05, 4.69) is 4.90 Å². The summed E-state index contributed by atoms with van der Waals surface area (Å²) in [6, 6.07) is 5.66. The molecule has 1 N–H and O–H groups in total. The number of carbonyl (C=O) groups excluding carboxylic acids is 1. The molecule has 110 valence electrons. The lowest BCUT2D eigenvalue weighted by Crippen LogP contribution is -2.40. The molecule has 0 amide bonds. The summed E-state index contributed by atoms with van der Waals surface area (Å²) < 4.78 is 18.3. The first kappa shape index (κ1) is 15.1. The third kappa shape index (κ3) is 4.37. The molecule has 4 nitrogen and oxygen atoms in total. The minimum Gasteiger partial charge on any atom is -0.394 e. The van der Waals surface area contributed by atoms with E-state index in [9.17, 15) is 9.18 Å². The summed E-state index contributed by atoms with van der Waals surface area (Å²) in [4.78, 5) is 14.1. The first-order valence-electron chi connectivity index (χ1n) is 6.92. The fourth-order valence-electron chi connectivity index (χ4n) is 2.38. The summed E-state index contributed by atoms with van der Waals surface area (Å²) >= 11 is 0. The van der Waals surface area contributed by atoms with E-state index >= 15 is 0 Å². The number of benzene rings is 1. The van der Waals surface area contributed by atoms with Gasteiger partial charge in [0.05, 0.1) is 25.9 Å². The van der Waals surface area contributed by atoms with Gasteiger partial charge in [-0.15, -0.1) is 0 Å². The number of likely N-dealkylation sites (tertiary alicyclic amines) is 1. The molecule has 1 fully saturated rings. The molecule has 0 aliphatic carbocycles. The highest BCUT2D eigenvalue weighted by Crippen LogP contribution is 2.14. The van der Waals surface area contributed by atoms with Gasteiger partial charge in [0, 0.05) is 18.7 Å². The van der Waals surface area contributed by atoms with Crippen LogP contribution in [0.15, 0.2) is 24.3 Å². The Morgan fingerprint density at radius 2 is 1.95 bits per heavy atom. The van der Waals surface area contributed by atoms with Crippen LogP contribution in [0, 0.1) is 5.82 Å². The molecule has 1 aromatic rings. The number of rotatable bonds is 6. The van der Waals surface area contributed by atoms with Gasteiger partial charge in [-0.25, -0.2) is 4.39 Å². The van der Waals surface area contributed by atoms with Crippen LogP contribution in [-0.4, -0.2) is 54.7 Å². The van der Waals surface area contributed by atoms with Crippen molar-refractivity contribution in [2.45, 2.75) is 18.9 Å². The molecule has 1 aromatic carbocycles. The number of Topliss-reactive ketones (excluding diaryl/α,β-unsaturated/α-hetero) is 1. The zero-order valence-electron chi connectivity index (χ0n) is 11.4. The number of hydrogen-bond acceptors (Lipinski definition) is 4. The number of halogens is 1. The Hall–Kier alpha value is -1.30. The van der Waals surface area contributed by atoms with Crippen molar-refractivity contribution >= 4 is 5.78 Å². The Balaban J connectivity index is 1.77. The van der Waals surface area contributed by atoms with Gasteiger partial charge in [0.25, 0.3) is 0 Å². The summed E-state index contributed by atoms with van der Waals surface area (Å²) in [5.41, 5.74) is 0.546. The van der Waals surface area contributed by atoms with E-state index in [1.165, 1.54) is 24.3 Å². The number of piperidine rings is 1. The van der Waals surface area contributed by atoms with E-state index in [-0.39, 0.29) is 24.3 Å². The summed E-state index contributed by atoms with van der Waals surface area (Å²) in [5.74, 6) is -0.317. The van der Waals surface area contributed by atoms with Gasteiger partial charge in [-0.1, -0.05) is 0 Å². The molecule has 0 spiro atoms. The third-order valence-corrected chi connectivity index (χ3v) is 3.51. The predicted molar refractivity (Wildman–Crippen MR) is 73.2 cm³/mol. The zero-order chi connectivity index (χ0) is 14.4. The van der Waals surface area contributed by atoms with Gasteiger partial charge in [0.1, 0.15) is 5.82 Å². The zero-order valence-corrected chi connectivity index (χ0v) is 11.4. The average Bonchev–Trinajstić information content (AvgIpc) is 2.47. The lowest BCUT2D eigenvalue weighted by molar-refractivity contribution is -0.00689. The van der Waals surface area contributed by atoms with Crippen molar-refractivity contribution in [3.05, 3.63) is 35.6 Å². The number of ketones is 1. The van der Waals surface area contributed by atoms with Gasteiger partial charge >= 0.3 is 0 Å². The first-order chi connectivity index (χ1) is 9.69. The molecule has 1 heterocycles. The molecule has 0 saturated carbocycles. The Bertz CT molecular complexity index is 427. The van der Waals surface area contributed by atoms with Crippen LogP contribution in [0.1, 0.15) is 23.2 Å². The smallest absolute Gasteiger partial charge is 0.176 e. The second-order valence-electron chi connectivity index (χ2n) is 5.00. The lowest BCUT2D eigenvalue weighted by Gasteiger charge is -2.31. The van der Waals surface area contributed by atoms with Crippen molar-refractivity contribution < 1.29 is 19.0 Å². The maximum Gasteiger partial charge on any atom is 0.176 e. The van der Waals surface area contributed by atoms with Gasteiger partial charge in [-0.05, 0) is 37.1 Å². The van der Waals surface area contributed by atoms with Crippen LogP contribution in [-0.2, 0) is 4.74 Å². The van der Waals surface area contributed by atoms with Crippen LogP contribution in [0.4, 0.5) is 4.39 Å². The highest BCUT2D eigenvalue weighted by Gasteiger charge is 2.21. The van der Waals surface area contributed by atoms with Crippen LogP contribution in [0.5, 0.6) is 0 Å². The molecule has 0 aromatic heterocycles. The monoisotopic (exact) mass is 281 g/mol. The van der Waals surface area contributed by atoms with Crippen molar-refractivity contribution in [1.29, 1.82) is 0 Å². The molecule has 1 saturated heterocycles. The van der Waals surface area contributed by atoms with E-state index < -0.39 is 0 Å². The standard InChI is InChI=1S/C15H20FNO3/c16-13-3-1-12(2-4-13)15(19)11-17-7-5-14(6-8-17)20-10-9-18/h1-4,14,18H,5-11H2. The SMILES string of the molecule is O=C(CN1CCC(OCCO)CC1)c1ccc(F)cc1. The molecule has 1 aliphatic rings. The van der Waals surface area contributed by atoms with Crippen molar-refractivity contribution in [3.63, 3.8) is 0 Å². The van der Waals surface area contributed by atoms with E-state index in [1.807, 2.05) is 0 Å². The highest BCUT2D eigenvalue weighted by atomic mass is 19.1. The Kier molecular flexibility index (Phi) is 5.64. The second-order valence-corrected chi connectivity index (χ2v) is 5.00. The van der Waals surface area contributed by atoms with Gasteiger partial charge < -0.3 is 9.84 Å². The molecule has 0 radical (unpaired) electrons. The van der Waals surface area contributed by atoms with E-state index in [0.29, 0.717) is 18.7 Å². The number of nitrogens with zero attached hydrogens (tertiary/aromatic N) is 1. The summed E-state index contributed by atoms with van der Waals surface area (Å²) in [7, 11) is 0. The van der Waals surface area contributed by atoms with Crippen LogP contribution < -0.4 is 0 Å². The highest BCUT2D eigenvalue weighted by molar-refractivity contribution is 5.97. The minimum absolute atomic E-state index is 0.0136. The number of hydrogen-bond donors (Lipinski definition) is 1. The van der Waals surface area contributed by atoms with Crippen LogP contribution in [0.3, 0.4) is 0 Å². The maximum absolute atomic E-state index is 12.8. The molecule has 1 aliphatic heterocycles. The van der Waals surface area contributed by atoms with E-state index in [0.717, 1.165) is 25.9 Å². The quantitative estimate of drug-likeness (QED) is 0.803. The van der Waals surface area contributed by atoms with E-state index in [1.54, 1.807) is 0 Å². The van der Waals surface area contributed by atoms with Crippen LogP contribution in [0.2, 0.25) is 0 Å². The Labute approximate surface area is 118 Å². The largest absolute Gasteiger partial charge is 0.394 e. The third-order valence-electron chi connectivity index (χ3n) is 3.51. The number of ether oxygens (including phenoxy) is 1. The first-order valence-corrected chi connectivity index (χ1v) is 6.92. The van der Waals surface area contributed by atoms with Crippen molar-refractivity contribution in [1.82, 2.24) is 4.90 Å². The van der Waals surface area contributed by atoms with Crippen LogP contribution in [0.25, 0.3) is 0 Å². The Morgan fingerprint density at radius 3 is 2.55 bits per heavy atom. The predicted octanol–water partition coefficient (Wildman–Crippen LogP) is 1.48. The van der Waals surface area contributed by atoms with Gasteiger partial charge in [0.2, 0.25) is 0 Å². The molecular weight excluding hydrogens is 261 g/mol. The summed E-state index contributed by atoms with van der Waals surface area (Å²) in [6.07, 6.45) is 1.92. The van der Waals surface area contributed by atoms with Crippen LogP contribution >= 0.6 is 0 Å². The molecule has 0 atom stereocenters. The summed E-state index contributed by atoms with van der Waals surface area (Å²) in [6.45, 7) is 2.40. The average molecular weight is 281 g/mol. The number of aliphatic hydroxyl groups is 1. The molecular formula is C15H20FNO3. The number of carbonyl (C=O) groups is 1. The molecule has 5 heteroatoms. The summed E-state index contributed by atoms with van der Waals surface area (Å²) in [5, 5.41) is 8.71. The molecule has 20 heavy (non-hydrogen) atoms.